The largest absolute Gasteiger partial charge is 0.493 e. The normalized spacial score (nSPS) is 13.6. The van der Waals surface area contributed by atoms with Gasteiger partial charge in [0.15, 0.2) is 23.0 Å². The van der Waals surface area contributed by atoms with E-state index in [1.54, 1.807) is 89.0 Å². The number of halogens is 1. The maximum absolute atomic E-state index is 13.4. The molecular formula is C35H37ClN2O8. The summed E-state index contributed by atoms with van der Waals surface area (Å²) in [5.74, 6) is 2.04. The molecule has 242 valence electrons. The molecule has 1 unspecified atom stereocenters. The monoisotopic (exact) mass is 648 g/mol. The summed E-state index contributed by atoms with van der Waals surface area (Å²) in [4.78, 5) is 30.8. The number of pyridine rings is 1. The Kier molecular flexibility index (Phi) is 10.7. The molecule has 1 N–H and O–H groups in total. The van der Waals surface area contributed by atoms with Crippen molar-refractivity contribution in [3.05, 3.63) is 76.9 Å². The Labute approximate surface area is 272 Å². The molecule has 1 fully saturated rings. The van der Waals surface area contributed by atoms with E-state index in [4.69, 9.17) is 40.0 Å². The summed E-state index contributed by atoms with van der Waals surface area (Å²) in [6.07, 6.45) is 5.99. The molecule has 11 heteroatoms. The highest BCUT2D eigenvalue weighted by Crippen LogP contribution is 2.39. The van der Waals surface area contributed by atoms with Crippen LogP contribution in [0.1, 0.15) is 48.5 Å². The van der Waals surface area contributed by atoms with E-state index >= 15 is 0 Å². The van der Waals surface area contributed by atoms with Crippen molar-refractivity contribution < 1.29 is 38.0 Å². The lowest BCUT2D eigenvalue weighted by atomic mass is 10.0. The van der Waals surface area contributed by atoms with Gasteiger partial charge < -0.3 is 33.7 Å². The van der Waals surface area contributed by atoms with Crippen LogP contribution in [0.4, 0.5) is 0 Å². The maximum atomic E-state index is 13.4. The highest BCUT2D eigenvalue weighted by Gasteiger charge is 2.25. The van der Waals surface area contributed by atoms with Gasteiger partial charge in [0.25, 0.3) is 5.91 Å². The Balaban J connectivity index is 1.33. The average Bonchev–Trinajstić information content (AvgIpc) is 3.58. The van der Waals surface area contributed by atoms with Crippen LogP contribution < -0.4 is 29.0 Å². The highest BCUT2D eigenvalue weighted by molar-refractivity contribution is 6.32. The van der Waals surface area contributed by atoms with Gasteiger partial charge >= 0.3 is 5.97 Å². The number of carbonyl (C=O) groups excluding carboxylic acids is 2. The third kappa shape index (κ3) is 7.56. The Bertz CT molecular complexity index is 1710. The number of aromatic nitrogens is 1. The Morgan fingerprint density at radius 2 is 1.59 bits per heavy atom. The number of hydrogen-bond donors (Lipinski definition) is 1. The lowest BCUT2D eigenvalue weighted by molar-refractivity contribution is -0.145. The number of fused-ring (bicyclic) bond motifs is 1. The molecule has 1 aromatic heterocycles. The number of nitrogens with one attached hydrogen (secondary N) is 1. The number of amides is 1. The molecule has 1 amide bonds. The highest BCUT2D eigenvalue weighted by atomic mass is 35.5. The number of hydrogen-bond acceptors (Lipinski definition) is 9. The fourth-order valence-corrected chi connectivity index (χ4v) is 5.66. The molecule has 5 rings (SSSR count). The minimum atomic E-state index is -0.969. The zero-order valence-corrected chi connectivity index (χ0v) is 27.0. The molecule has 0 bridgehead atoms. The zero-order chi connectivity index (χ0) is 32.6. The minimum Gasteiger partial charge on any atom is -0.493 e. The third-order valence-corrected chi connectivity index (χ3v) is 8.06. The van der Waals surface area contributed by atoms with Crippen molar-refractivity contribution in [3.63, 3.8) is 0 Å². The molecule has 46 heavy (non-hydrogen) atoms. The topological polar surface area (TPSA) is 114 Å². The summed E-state index contributed by atoms with van der Waals surface area (Å²) >= 11 is 6.66. The molecule has 10 nitrogen and oxygen atoms in total. The van der Waals surface area contributed by atoms with E-state index in [0.717, 1.165) is 25.7 Å². The molecule has 1 atom stereocenters. The number of benzene rings is 3. The first kappa shape index (κ1) is 32.7. The van der Waals surface area contributed by atoms with E-state index in [1.807, 2.05) is 0 Å². The first-order valence-corrected chi connectivity index (χ1v) is 15.5. The fourth-order valence-electron chi connectivity index (χ4n) is 5.42. The molecule has 0 spiro atoms. The number of nitrogens with zero attached hydrogens (tertiary/aromatic N) is 1. The lowest BCUT2D eigenvalue weighted by Crippen LogP contribution is -2.43. The van der Waals surface area contributed by atoms with Crippen LogP contribution in [0.15, 0.2) is 60.8 Å². The zero-order valence-electron chi connectivity index (χ0n) is 26.3. The van der Waals surface area contributed by atoms with Gasteiger partial charge in [0.05, 0.1) is 44.6 Å². The van der Waals surface area contributed by atoms with Crippen LogP contribution in [-0.2, 0) is 16.0 Å². The molecule has 1 aliphatic carbocycles. The van der Waals surface area contributed by atoms with E-state index < -0.39 is 17.9 Å². The van der Waals surface area contributed by atoms with E-state index in [1.165, 1.54) is 0 Å². The third-order valence-electron chi connectivity index (χ3n) is 7.76. The van der Waals surface area contributed by atoms with Crippen LogP contribution >= 0.6 is 11.6 Å². The second-order valence-electron chi connectivity index (χ2n) is 10.8. The minimum absolute atomic E-state index is 0.0832. The summed E-state index contributed by atoms with van der Waals surface area (Å²) in [6, 6.07) is 14.5. The van der Waals surface area contributed by atoms with E-state index in [2.05, 4.69) is 10.3 Å². The molecule has 1 aliphatic rings. The Morgan fingerprint density at radius 3 is 2.28 bits per heavy atom. The van der Waals surface area contributed by atoms with Crippen molar-refractivity contribution in [1.29, 1.82) is 0 Å². The molecule has 0 saturated heterocycles. The molecule has 3 aromatic carbocycles. The number of rotatable bonds is 13. The Hall–Kier alpha value is -4.70. The van der Waals surface area contributed by atoms with E-state index in [0.29, 0.717) is 61.5 Å². The summed E-state index contributed by atoms with van der Waals surface area (Å²) in [6.45, 7) is 1.88. The second-order valence-corrected chi connectivity index (χ2v) is 11.2. The van der Waals surface area contributed by atoms with Crippen molar-refractivity contribution in [2.24, 2.45) is 0 Å². The number of esters is 1. The van der Waals surface area contributed by atoms with Crippen molar-refractivity contribution in [2.45, 2.75) is 51.2 Å². The maximum Gasteiger partial charge on any atom is 0.328 e. The molecule has 1 saturated carbocycles. The molecule has 0 aliphatic heterocycles. The van der Waals surface area contributed by atoms with Crippen molar-refractivity contribution in [3.8, 4) is 34.5 Å². The van der Waals surface area contributed by atoms with Crippen LogP contribution in [-0.4, -0.2) is 56.9 Å². The van der Waals surface area contributed by atoms with Gasteiger partial charge in [-0.1, -0.05) is 17.7 Å². The van der Waals surface area contributed by atoms with Crippen LogP contribution in [0.5, 0.6) is 34.5 Å². The summed E-state index contributed by atoms with van der Waals surface area (Å²) in [7, 11) is 4.68. The lowest BCUT2D eigenvalue weighted by Gasteiger charge is -2.19. The standard InChI is InChI=1S/C35H37ClN2O8/c1-5-44-35(40)27(38-34(39)22-11-13-30(41-2)33(18-22)45-23-8-6-7-9-23)17-21-10-12-29(25(36)16-21)46-28-14-15-37-26-20-32(43-4)31(42-3)19-24(26)28/h10-16,18-20,23,27H,5-9,17H2,1-4H3,(H,38,39). The number of ether oxygens (including phenoxy) is 6. The van der Waals surface area contributed by atoms with Crippen LogP contribution in [0.25, 0.3) is 10.9 Å². The summed E-state index contributed by atoms with van der Waals surface area (Å²) in [5, 5.41) is 3.85. The van der Waals surface area contributed by atoms with Crippen LogP contribution in [0, 0.1) is 0 Å². The van der Waals surface area contributed by atoms with Crippen molar-refractivity contribution >= 4 is 34.4 Å². The fraction of sp³-hybridized carbons (Fsp3) is 0.343. The Morgan fingerprint density at radius 1 is 0.870 bits per heavy atom. The first-order chi connectivity index (χ1) is 22.3. The van der Waals surface area contributed by atoms with Crippen molar-refractivity contribution in [2.75, 3.05) is 27.9 Å². The number of methoxy groups -OCH3 is 3. The molecule has 0 radical (unpaired) electrons. The van der Waals surface area contributed by atoms with Gasteiger partial charge in [0, 0.05) is 29.6 Å². The average molecular weight is 649 g/mol. The summed E-state index contributed by atoms with van der Waals surface area (Å²) in [5.41, 5.74) is 1.69. The van der Waals surface area contributed by atoms with Gasteiger partial charge in [-0.15, -0.1) is 0 Å². The van der Waals surface area contributed by atoms with Crippen LogP contribution in [0.3, 0.4) is 0 Å². The van der Waals surface area contributed by atoms with Crippen LogP contribution in [0.2, 0.25) is 5.02 Å². The van der Waals surface area contributed by atoms with E-state index in [9.17, 15) is 9.59 Å². The quantitative estimate of drug-likeness (QED) is 0.154. The van der Waals surface area contributed by atoms with E-state index in [-0.39, 0.29) is 19.1 Å². The molecule has 1 heterocycles. The SMILES string of the molecule is CCOC(=O)C(Cc1ccc(Oc2ccnc3cc(OC)c(OC)cc23)c(Cl)c1)NC(=O)c1ccc(OC)c(OC2CCCC2)c1. The van der Waals surface area contributed by atoms with Gasteiger partial charge in [-0.25, -0.2) is 4.79 Å². The molecule has 4 aromatic rings. The first-order valence-electron chi connectivity index (χ1n) is 15.1. The van der Waals surface area contributed by atoms with Gasteiger partial charge in [-0.3, -0.25) is 9.78 Å². The summed E-state index contributed by atoms with van der Waals surface area (Å²) < 4.78 is 33.9. The second kappa shape index (κ2) is 15.1. The molecular weight excluding hydrogens is 612 g/mol. The predicted octanol–water partition coefficient (Wildman–Crippen LogP) is 6.93. The van der Waals surface area contributed by atoms with Gasteiger partial charge in [-0.05, 0) is 80.6 Å². The van der Waals surface area contributed by atoms with Gasteiger partial charge in [-0.2, -0.15) is 0 Å². The van der Waals surface area contributed by atoms with Gasteiger partial charge in [0.2, 0.25) is 0 Å². The predicted molar refractivity (Wildman–Crippen MR) is 174 cm³/mol. The smallest absolute Gasteiger partial charge is 0.328 e. The van der Waals surface area contributed by atoms with Crippen molar-refractivity contribution in [1.82, 2.24) is 10.3 Å². The number of carbonyl (C=O) groups is 2. The van der Waals surface area contributed by atoms with Gasteiger partial charge in [0.1, 0.15) is 17.5 Å².